The average Bonchev–Trinajstić information content (AvgIpc) is 2.12. The highest BCUT2D eigenvalue weighted by Crippen LogP contribution is 2.15. The number of benzene rings is 1. The van der Waals surface area contributed by atoms with E-state index in [-0.39, 0.29) is 0 Å². The van der Waals surface area contributed by atoms with Crippen LogP contribution in [0.3, 0.4) is 0 Å². The maximum atomic E-state index is 5.66. The summed E-state index contributed by atoms with van der Waals surface area (Å²) < 4.78 is 0. The molecule has 0 saturated carbocycles. The van der Waals surface area contributed by atoms with Gasteiger partial charge in [-0.2, -0.15) is 0 Å². The third kappa shape index (κ3) is 1.94. The molecule has 1 aliphatic rings. The second-order valence-corrected chi connectivity index (χ2v) is 4.09. The number of likely N-dealkylation sites (tertiary alicyclic amines) is 1. The Bertz CT molecular complexity index is 345. The zero-order chi connectivity index (χ0) is 9.97. The smallest absolute Gasteiger partial charge is 0.104 e. The van der Waals surface area contributed by atoms with E-state index in [9.17, 15) is 0 Å². The van der Waals surface area contributed by atoms with Gasteiger partial charge in [-0.15, -0.1) is 0 Å². The van der Waals surface area contributed by atoms with Crippen molar-refractivity contribution < 1.29 is 0 Å². The number of thiocarbonyl (C=S) groups is 1. The van der Waals surface area contributed by atoms with E-state index in [1.165, 1.54) is 25.1 Å². The Morgan fingerprint density at radius 2 is 2.07 bits per heavy atom. The van der Waals surface area contributed by atoms with Crippen LogP contribution in [0.15, 0.2) is 24.3 Å². The van der Waals surface area contributed by atoms with Crippen molar-refractivity contribution in [2.45, 2.75) is 13.0 Å². The van der Waals surface area contributed by atoms with Crippen LogP contribution >= 0.6 is 12.2 Å². The maximum Gasteiger partial charge on any atom is 0.104 e. The highest BCUT2D eigenvalue weighted by molar-refractivity contribution is 7.80. The highest BCUT2D eigenvalue weighted by Gasteiger charge is 2.15. The van der Waals surface area contributed by atoms with Gasteiger partial charge in [0.1, 0.15) is 4.99 Å². The average molecular weight is 206 g/mol. The molecular formula is C11H14N2S. The number of hydrogen-bond donors (Lipinski definition) is 1. The number of nitrogens with two attached hydrogens (primary N) is 1. The van der Waals surface area contributed by atoms with Crippen molar-refractivity contribution in [3.63, 3.8) is 0 Å². The maximum absolute atomic E-state index is 5.66. The summed E-state index contributed by atoms with van der Waals surface area (Å²) in [6, 6.07) is 8.12. The van der Waals surface area contributed by atoms with E-state index < -0.39 is 0 Å². The van der Waals surface area contributed by atoms with E-state index in [4.69, 9.17) is 18.0 Å². The van der Waals surface area contributed by atoms with E-state index >= 15 is 0 Å². The minimum absolute atomic E-state index is 0.501. The zero-order valence-electron chi connectivity index (χ0n) is 8.07. The minimum atomic E-state index is 0.501. The molecule has 0 radical (unpaired) electrons. The fourth-order valence-corrected chi connectivity index (χ4v) is 1.88. The first kappa shape index (κ1) is 9.62. The summed E-state index contributed by atoms with van der Waals surface area (Å²) in [6.45, 7) is 3.38. The van der Waals surface area contributed by atoms with Crippen molar-refractivity contribution in [1.29, 1.82) is 0 Å². The molecule has 0 aromatic heterocycles. The van der Waals surface area contributed by atoms with Crippen LogP contribution < -0.4 is 5.73 Å². The van der Waals surface area contributed by atoms with Gasteiger partial charge in [0, 0.05) is 12.1 Å². The van der Waals surface area contributed by atoms with Gasteiger partial charge in [0.05, 0.1) is 0 Å². The van der Waals surface area contributed by atoms with Gasteiger partial charge < -0.3 is 5.73 Å². The Morgan fingerprint density at radius 1 is 1.36 bits per heavy atom. The molecule has 1 aliphatic heterocycles. The minimum Gasteiger partial charge on any atom is -0.389 e. The largest absolute Gasteiger partial charge is 0.389 e. The van der Waals surface area contributed by atoms with Gasteiger partial charge in [-0.1, -0.05) is 36.5 Å². The first-order valence-corrected chi connectivity index (χ1v) is 5.28. The lowest BCUT2D eigenvalue weighted by atomic mass is 10.1. The summed E-state index contributed by atoms with van der Waals surface area (Å²) in [7, 11) is 0. The molecule has 1 fully saturated rings. The second-order valence-electron chi connectivity index (χ2n) is 3.65. The van der Waals surface area contributed by atoms with E-state index in [0.717, 1.165) is 12.1 Å². The lowest BCUT2D eigenvalue weighted by Crippen LogP contribution is -2.36. The molecule has 1 aromatic rings. The van der Waals surface area contributed by atoms with Crippen molar-refractivity contribution in [3.05, 3.63) is 35.4 Å². The monoisotopic (exact) mass is 206 g/mol. The molecule has 3 heteroatoms. The fraction of sp³-hybridized carbons (Fsp3) is 0.364. The number of hydrogen-bond acceptors (Lipinski definition) is 2. The lowest BCUT2D eigenvalue weighted by Gasteiger charge is -2.31. The molecule has 2 nitrogen and oxygen atoms in total. The van der Waals surface area contributed by atoms with Crippen molar-refractivity contribution in [1.82, 2.24) is 4.90 Å². The fourth-order valence-electron chi connectivity index (χ4n) is 1.68. The third-order valence-electron chi connectivity index (χ3n) is 2.63. The predicted molar refractivity (Wildman–Crippen MR) is 62.2 cm³/mol. The molecule has 2 N–H and O–H groups in total. The van der Waals surface area contributed by atoms with E-state index in [1.807, 2.05) is 18.2 Å². The molecule has 1 saturated heterocycles. The van der Waals surface area contributed by atoms with Gasteiger partial charge in [-0.05, 0) is 25.1 Å². The SMILES string of the molecule is NC(=S)c1ccccc1CN1CCC1. The van der Waals surface area contributed by atoms with Crippen LogP contribution in [0.25, 0.3) is 0 Å². The zero-order valence-corrected chi connectivity index (χ0v) is 8.89. The molecular weight excluding hydrogens is 192 g/mol. The Morgan fingerprint density at radius 3 is 2.64 bits per heavy atom. The quantitative estimate of drug-likeness (QED) is 0.760. The van der Waals surface area contributed by atoms with E-state index in [0.29, 0.717) is 4.99 Å². The van der Waals surface area contributed by atoms with Crippen LogP contribution in [-0.4, -0.2) is 23.0 Å². The third-order valence-corrected chi connectivity index (χ3v) is 2.85. The van der Waals surface area contributed by atoms with Gasteiger partial charge >= 0.3 is 0 Å². The topological polar surface area (TPSA) is 29.3 Å². The normalized spacial score (nSPS) is 16.3. The molecule has 0 bridgehead atoms. The summed E-state index contributed by atoms with van der Waals surface area (Å²) in [5.41, 5.74) is 7.93. The molecule has 14 heavy (non-hydrogen) atoms. The van der Waals surface area contributed by atoms with Crippen molar-refractivity contribution >= 4 is 17.2 Å². The van der Waals surface area contributed by atoms with Crippen LogP contribution in [0.1, 0.15) is 17.5 Å². The van der Waals surface area contributed by atoms with Crippen LogP contribution in [0.2, 0.25) is 0 Å². The van der Waals surface area contributed by atoms with E-state index in [1.54, 1.807) is 0 Å². The second kappa shape index (κ2) is 4.07. The summed E-state index contributed by atoms with van der Waals surface area (Å²) in [5, 5.41) is 0. The van der Waals surface area contributed by atoms with Crippen molar-refractivity contribution in [2.75, 3.05) is 13.1 Å². The molecule has 0 aliphatic carbocycles. The Labute approximate surface area is 89.7 Å². The molecule has 1 heterocycles. The summed E-state index contributed by atoms with van der Waals surface area (Å²) in [5.74, 6) is 0. The predicted octanol–water partition coefficient (Wildman–Crippen LogP) is 1.53. The molecule has 1 aromatic carbocycles. The summed E-state index contributed by atoms with van der Waals surface area (Å²) in [6.07, 6.45) is 1.31. The first-order chi connectivity index (χ1) is 6.77. The Balaban J connectivity index is 2.17. The van der Waals surface area contributed by atoms with Crippen molar-refractivity contribution in [3.8, 4) is 0 Å². The first-order valence-electron chi connectivity index (χ1n) is 4.87. The molecule has 0 spiro atoms. The van der Waals surface area contributed by atoms with Gasteiger partial charge in [0.25, 0.3) is 0 Å². The van der Waals surface area contributed by atoms with Crippen LogP contribution in [0, 0.1) is 0 Å². The molecule has 0 atom stereocenters. The van der Waals surface area contributed by atoms with Gasteiger partial charge in [0.15, 0.2) is 0 Å². The standard InChI is InChI=1S/C11H14N2S/c12-11(14)10-5-2-1-4-9(10)8-13-6-3-7-13/h1-2,4-5H,3,6-8H2,(H2,12,14). The summed E-state index contributed by atoms with van der Waals surface area (Å²) in [4.78, 5) is 2.90. The van der Waals surface area contributed by atoms with Crippen LogP contribution in [0.5, 0.6) is 0 Å². The molecule has 0 unspecified atom stereocenters. The Hall–Kier alpha value is -0.930. The van der Waals surface area contributed by atoms with Gasteiger partial charge in [-0.3, -0.25) is 4.90 Å². The van der Waals surface area contributed by atoms with Crippen LogP contribution in [-0.2, 0) is 6.54 Å². The van der Waals surface area contributed by atoms with E-state index in [2.05, 4.69) is 11.0 Å². The van der Waals surface area contributed by atoms with Crippen LogP contribution in [0.4, 0.5) is 0 Å². The molecule has 2 rings (SSSR count). The molecule has 0 amide bonds. The number of rotatable bonds is 3. The number of nitrogens with zero attached hydrogens (tertiary/aromatic N) is 1. The molecule has 74 valence electrons. The lowest BCUT2D eigenvalue weighted by molar-refractivity contribution is 0.172. The summed E-state index contributed by atoms with van der Waals surface area (Å²) >= 11 is 5.02. The highest BCUT2D eigenvalue weighted by atomic mass is 32.1. The van der Waals surface area contributed by atoms with Gasteiger partial charge in [0.2, 0.25) is 0 Å². The van der Waals surface area contributed by atoms with Crippen molar-refractivity contribution in [2.24, 2.45) is 5.73 Å². The van der Waals surface area contributed by atoms with Gasteiger partial charge in [-0.25, -0.2) is 0 Å². The Kier molecular flexibility index (Phi) is 2.79.